The first-order chi connectivity index (χ1) is 17.6. The second-order valence-corrected chi connectivity index (χ2v) is 9.41. The predicted octanol–water partition coefficient (Wildman–Crippen LogP) is 1.05. The standard InChI is InChI=1S/C27H38N4O6/c1-6-24(33)30-14-15-31(26(35)22(30)16-18(2)3)21(17-19-10-8-7-9-11-19)25(34)29-20(27(36)37-5)12-13-23(32)28-4/h6-11,18,20-22H,1,12-17H2,2-5H3,(H,28,32)(H,29,34)/t20-,21-,22-/m0/s1. The van der Waals surface area contributed by atoms with Crippen molar-refractivity contribution in [1.29, 1.82) is 0 Å². The third kappa shape index (κ3) is 8.16. The van der Waals surface area contributed by atoms with E-state index in [-0.39, 0.29) is 56.0 Å². The highest BCUT2D eigenvalue weighted by Gasteiger charge is 2.42. The molecule has 3 atom stereocenters. The first-order valence-corrected chi connectivity index (χ1v) is 12.5. The van der Waals surface area contributed by atoms with Gasteiger partial charge in [-0.15, -0.1) is 0 Å². The molecule has 1 aliphatic heterocycles. The number of piperazine rings is 1. The first kappa shape index (κ1) is 29.5. The molecule has 1 heterocycles. The molecule has 1 fully saturated rings. The molecule has 10 nitrogen and oxygen atoms in total. The number of esters is 1. The molecule has 0 bridgehead atoms. The third-order valence-electron chi connectivity index (χ3n) is 6.37. The van der Waals surface area contributed by atoms with Gasteiger partial charge >= 0.3 is 5.97 Å². The molecule has 1 aromatic carbocycles. The zero-order valence-electron chi connectivity index (χ0n) is 22.1. The van der Waals surface area contributed by atoms with E-state index < -0.39 is 30.0 Å². The summed E-state index contributed by atoms with van der Waals surface area (Å²) >= 11 is 0. The van der Waals surface area contributed by atoms with Crippen molar-refractivity contribution in [2.45, 2.75) is 57.7 Å². The summed E-state index contributed by atoms with van der Waals surface area (Å²) in [6, 6.07) is 6.54. The van der Waals surface area contributed by atoms with Gasteiger partial charge in [0.15, 0.2) is 0 Å². The average molecular weight is 515 g/mol. The number of benzene rings is 1. The third-order valence-corrected chi connectivity index (χ3v) is 6.37. The molecule has 4 amide bonds. The molecule has 37 heavy (non-hydrogen) atoms. The van der Waals surface area contributed by atoms with Crippen LogP contribution in [0.2, 0.25) is 0 Å². The Kier molecular flexibility index (Phi) is 11.3. The monoisotopic (exact) mass is 514 g/mol. The summed E-state index contributed by atoms with van der Waals surface area (Å²) in [7, 11) is 2.69. The van der Waals surface area contributed by atoms with Gasteiger partial charge in [-0.05, 0) is 30.4 Å². The van der Waals surface area contributed by atoms with E-state index in [9.17, 15) is 24.0 Å². The van der Waals surface area contributed by atoms with Crippen molar-refractivity contribution < 1.29 is 28.7 Å². The number of hydrogen-bond acceptors (Lipinski definition) is 6. The van der Waals surface area contributed by atoms with Crippen LogP contribution in [0.5, 0.6) is 0 Å². The minimum atomic E-state index is -1.06. The van der Waals surface area contributed by atoms with Gasteiger partial charge in [-0.2, -0.15) is 0 Å². The molecule has 2 rings (SSSR count). The largest absolute Gasteiger partial charge is 0.467 e. The van der Waals surface area contributed by atoms with Gasteiger partial charge in [0.05, 0.1) is 7.11 Å². The Balaban J connectivity index is 2.37. The molecule has 1 aliphatic rings. The fraction of sp³-hybridized carbons (Fsp3) is 0.519. The number of hydrogen-bond donors (Lipinski definition) is 2. The highest BCUT2D eigenvalue weighted by atomic mass is 16.5. The first-order valence-electron chi connectivity index (χ1n) is 12.5. The Labute approximate surface area is 218 Å². The maximum absolute atomic E-state index is 13.7. The van der Waals surface area contributed by atoms with E-state index in [1.54, 1.807) is 0 Å². The van der Waals surface area contributed by atoms with Crippen molar-refractivity contribution >= 4 is 29.6 Å². The minimum Gasteiger partial charge on any atom is -0.467 e. The molecule has 0 saturated carbocycles. The molecule has 0 aromatic heterocycles. The number of carbonyl (C=O) groups is 5. The molecular formula is C27H38N4O6. The predicted molar refractivity (Wildman–Crippen MR) is 138 cm³/mol. The fourth-order valence-electron chi connectivity index (χ4n) is 4.41. The molecular weight excluding hydrogens is 476 g/mol. The summed E-state index contributed by atoms with van der Waals surface area (Å²) in [6.07, 6.45) is 1.90. The molecule has 1 saturated heterocycles. The molecule has 10 heteroatoms. The Hall–Kier alpha value is -3.69. The van der Waals surface area contributed by atoms with Crippen LogP contribution in [0.25, 0.3) is 0 Å². The molecule has 0 unspecified atom stereocenters. The number of carbonyl (C=O) groups excluding carboxylic acids is 5. The quantitative estimate of drug-likeness (QED) is 0.317. The van der Waals surface area contributed by atoms with E-state index in [0.717, 1.165) is 5.56 Å². The second kappa shape index (κ2) is 14.2. The highest BCUT2D eigenvalue weighted by Crippen LogP contribution is 2.23. The number of rotatable bonds is 12. The zero-order chi connectivity index (χ0) is 27.5. The second-order valence-electron chi connectivity index (χ2n) is 9.41. The van der Waals surface area contributed by atoms with Crippen molar-refractivity contribution in [2.24, 2.45) is 5.92 Å². The van der Waals surface area contributed by atoms with Gasteiger partial charge in [-0.1, -0.05) is 50.8 Å². The van der Waals surface area contributed by atoms with Gasteiger partial charge in [0.1, 0.15) is 18.1 Å². The number of ether oxygens (including phenoxy) is 1. The van der Waals surface area contributed by atoms with Crippen molar-refractivity contribution in [3.8, 4) is 0 Å². The lowest BCUT2D eigenvalue weighted by Gasteiger charge is -2.43. The van der Waals surface area contributed by atoms with Crippen LogP contribution in [0.15, 0.2) is 43.0 Å². The van der Waals surface area contributed by atoms with E-state index in [2.05, 4.69) is 17.2 Å². The highest BCUT2D eigenvalue weighted by molar-refractivity contribution is 5.96. The molecule has 0 aliphatic carbocycles. The van der Waals surface area contributed by atoms with Crippen molar-refractivity contribution in [1.82, 2.24) is 20.4 Å². The molecule has 2 N–H and O–H groups in total. The number of nitrogens with one attached hydrogen (secondary N) is 2. The maximum atomic E-state index is 13.7. The molecule has 0 spiro atoms. The van der Waals surface area contributed by atoms with Crippen LogP contribution in [0.1, 0.15) is 38.7 Å². The SMILES string of the molecule is C=CC(=O)N1CCN([C@@H](Cc2ccccc2)C(=O)N[C@@H](CCC(=O)NC)C(=O)OC)C(=O)[C@@H]1CC(C)C. The van der Waals surface area contributed by atoms with E-state index in [1.807, 2.05) is 44.2 Å². The van der Waals surface area contributed by atoms with Crippen molar-refractivity contribution in [2.75, 3.05) is 27.2 Å². The molecule has 0 radical (unpaired) electrons. The number of amides is 4. The summed E-state index contributed by atoms with van der Waals surface area (Å²) in [5.41, 5.74) is 0.834. The van der Waals surface area contributed by atoms with Gasteiger partial charge in [-0.25, -0.2) is 4.79 Å². The minimum absolute atomic E-state index is 0.0115. The molecule has 202 valence electrons. The summed E-state index contributed by atoms with van der Waals surface area (Å²) in [5.74, 6) is -2.02. The van der Waals surface area contributed by atoms with Gasteiger partial charge < -0.3 is 25.2 Å². The normalized spacial score (nSPS) is 17.1. The van der Waals surface area contributed by atoms with Gasteiger partial charge in [-0.3, -0.25) is 19.2 Å². The Morgan fingerprint density at radius 2 is 1.84 bits per heavy atom. The van der Waals surface area contributed by atoms with Crippen LogP contribution in [0.3, 0.4) is 0 Å². The Morgan fingerprint density at radius 3 is 2.41 bits per heavy atom. The van der Waals surface area contributed by atoms with Gasteiger partial charge in [0, 0.05) is 33.0 Å². The van der Waals surface area contributed by atoms with Crippen LogP contribution < -0.4 is 10.6 Å². The summed E-state index contributed by atoms with van der Waals surface area (Å²) in [5, 5.41) is 5.19. The smallest absolute Gasteiger partial charge is 0.328 e. The molecule has 1 aromatic rings. The van der Waals surface area contributed by atoms with Crippen molar-refractivity contribution in [3.63, 3.8) is 0 Å². The van der Waals surface area contributed by atoms with Crippen LogP contribution >= 0.6 is 0 Å². The van der Waals surface area contributed by atoms with Crippen LogP contribution in [0, 0.1) is 5.92 Å². The number of methoxy groups -OCH3 is 1. The summed E-state index contributed by atoms with van der Waals surface area (Å²) in [6.45, 7) is 7.88. The van der Waals surface area contributed by atoms with Crippen LogP contribution in [0.4, 0.5) is 0 Å². The zero-order valence-corrected chi connectivity index (χ0v) is 22.1. The fourth-order valence-corrected chi connectivity index (χ4v) is 4.41. The summed E-state index contributed by atoms with van der Waals surface area (Å²) < 4.78 is 4.84. The Morgan fingerprint density at radius 1 is 1.16 bits per heavy atom. The Bertz CT molecular complexity index is 980. The average Bonchev–Trinajstić information content (AvgIpc) is 2.90. The maximum Gasteiger partial charge on any atom is 0.328 e. The van der Waals surface area contributed by atoms with E-state index >= 15 is 0 Å². The lowest BCUT2D eigenvalue weighted by molar-refractivity contribution is -0.155. The van der Waals surface area contributed by atoms with E-state index in [1.165, 1.54) is 30.0 Å². The van der Waals surface area contributed by atoms with Gasteiger partial charge in [0.25, 0.3) is 0 Å². The number of nitrogens with zero attached hydrogens (tertiary/aromatic N) is 2. The summed E-state index contributed by atoms with van der Waals surface area (Å²) in [4.78, 5) is 67.0. The van der Waals surface area contributed by atoms with Crippen molar-refractivity contribution in [3.05, 3.63) is 48.6 Å². The topological polar surface area (TPSA) is 125 Å². The van der Waals surface area contributed by atoms with Crippen LogP contribution in [-0.4, -0.2) is 84.8 Å². The van der Waals surface area contributed by atoms with E-state index in [0.29, 0.717) is 6.42 Å². The lowest BCUT2D eigenvalue weighted by atomic mass is 9.96. The van der Waals surface area contributed by atoms with Gasteiger partial charge in [0.2, 0.25) is 23.6 Å². The van der Waals surface area contributed by atoms with E-state index in [4.69, 9.17) is 4.74 Å². The lowest BCUT2D eigenvalue weighted by Crippen LogP contribution is -2.64. The van der Waals surface area contributed by atoms with Crippen LogP contribution in [-0.2, 0) is 35.1 Å².